The lowest BCUT2D eigenvalue weighted by Gasteiger charge is -2.03. The minimum absolute atomic E-state index is 0.132. The van der Waals surface area contributed by atoms with E-state index in [2.05, 4.69) is 11.9 Å². The number of aryl methyl sites for hydroxylation is 1. The SMILES string of the molecule is CCCCCCn1ccn2c(=O)cc(Cl)nc12. The van der Waals surface area contributed by atoms with Gasteiger partial charge in [-0.05, 0) is 6.42 Å². The minimum atomic E-state index is -0.132. The maximum atomic E-state index is 11.6. The Morgan fingerprint density at radius 1 is 1.29 bits per heavy atom. The molecule has 0 aliphatic rings. The van der Waals surface area contributed by atoms with Crippen LogP contribution in [0.2, 0.25) is 5.15 Å². The fourth-order valence-electron chi connectivity index (χ4n) is 1.89. The predicted molar refractivity (Wildman–Crippen MR) is 68.6 cm³/mol. The molecule has 4 nitrogen and oxygen atoms in total. The first-order valence-corrected chi connectivity index (χ1v) is 6.34. The molecule has 0 amide bonds. The van der Waals surface area contributed by atoms with Gasteiger partial charge in [-0.25, -0.2) is 4.98 Å². The highest BCUT2D eigenvalue weighted by Crippen LogP contribution is 2.08. The van der Waals surface area contributed by atoms with Crippen LogP contribution in [0.1, 0.15) is 32.6 Å². The molecule has 2 heterocycles. The van der Waals surface area contributed by atoms with E-state index in [0.717, 1.165) is 13.0 Å². The van der Waals surface area contributed by atoms with Gasteiger partial charge in [-0.3, -0.25) is 9.20 Å². The summed E-state index contributed by atoms with van der Waals surface area (Å²) in [6.07, 6.45) is 8.38. The zero-order valence-electron chi connectivity index (χ0n) is 9.90. The van der Waals surface area contributed by atoms with Gasteiger partial charge in [0.1, 0.15) is 5.15 Å². The molecule has 0 N–H and O–H groups in total. The van der Waals surface area contributed by atoms with Crippen LogP contribution in [-0.2, 0) is 6.54 Å². The Morgan fingerprint density at radius 2 is 2.12 bits per heavy atom. The Balaban J connectivity index is 2.21. The largest absolute Gasteiger partial charge is 0.317 e. The average Bonchev–Trinajstić information content (AvgIpc) is 2.68. The summed E-state index contributed by atoms with van der Waals surface area (Å²) in [5.74, 6) is 0.624. The number of aromatic nitrogens is 3. The molecule has 0 unspecified atom stereocenters. The number of nitrogens with zero attached hydrogens (tertiary/aromatic N) is 3. The van der Waals surface area contributed by atoms with Gasteiger partial charge >= 0.3 is 0 Å². The van der Waals surface area contributed by atoms with Crippen LogP contribution in [0.15, 0.2) is 23.3 Å². The van der Waals surface area contributed by atoms with E-state index < -0.39 is 0 Å². The summed E-state index contributed by atoms with van der Waals surface area (Å²) in [6.45, 7) is 3.06. The monoisotopic (exact) mass is 253 g/mol. The molecular formula is C12H16ClN3O. The minimum Gasteiger partial charge on any atom is -0.317 e. The summed E-state index contributed by atoms with van der Waals surface area (Å²) in [5, 5.41) is 0.253. The molecule has 0 aromatic carbocycles. The summed E-state index contributed by atoms with van der Waals surface area (Å²) in [4.78, 5) is 15.8. The molecule has 92 valence electrons. The van der Waals surface area contributed by atoms with E-state index in [9.17, 15) is 4.79 Å². The van der Waals surface area contributed by atoms with Gasteiger partial charge in [0.2, 0.25) is 5.78 Å². The highest BCUT2D eigenvalue weighted by molar-refractivity contribution is 6.29. The second kappa shape index (κ2) is 5.36. The lowest BCUT2D eigenvalue weighted by Crippen LogP contribution is -2.13. The molecule has 0 spiro atoms. The van der Waals surface area contributed by atoms with Gasteiger partial charge in [0.15, 0.2) is 0 Å². The second-order valence-electron chi connectivity index (χ2n) is 4.14. The first-order chi connectivity index (χ1) is 8.22. The van der Waals surface area contributed by atoms with E-state index in [1.807, 2.05) is 10.8 Å². The van der Waals surface area contributed by atoms with Crippen LogP contribution in [0.5, 0.6) is 0 Å². The molecule has 0 fully saturated rings. The van der Waals surface area contributed by atoms with Crippen LogP contribution in [-0.4, -0.2) is 14.0 Å². The van der Waals surface area contributed by atoms with Gasteiger partial charge < -0.3 is 4.57 Å². The summed E-state index contributed by atoms with van der Waals surface area (Å²) in [6, 6.07) is 1.33. The van der Waals surface area contributed by atoms with Crippen molar-refractivity contribution in [1.29, 1.82) is 0 Å². The number of rotatable bonds is 5. The third-order valence-electron chi connectivity index (χ3n) is 2.81. The number of unbranched alkanes of at least 4 members (excludes halogenated alkanes) is 3. The summed E-state index contributed by atoms with van der Waals surface area (Å²) in [5.41, 5.74) is -0.132. The van der Waals surface area contributed by atoms with Crippen molar-refractivity contribution < 1.29 is 0 Å². The average molecular weight is 254 g/mol. The molecule has 0 saturated carbocycles. The van der Waals surface area contributed by atoms with E-state index >= 15 is 0 Å². The predicted octanol–water partition coefficient (Wildman–Crippen LogP) is 2.73. The Bertz CT molecular complexity index is 558. The molecule has 0 saturated heterocycles. The van der Waals surface area contributed by atoms with Crippen molar-refractivity contribution in [2.24, 2.45) is 0 Å². The van der Waals surface area contributed by atoms with Crippen molar-refractivity contribution in [2.45, 2.75) is 39.2 Å². The van der Waals surface area contributed by atoms with Crippen molar-refractivity contribution in [3.05, 3.63) is 34.0 Å². The summed E-state index contributed by atoms with van der Waals surface area (Å²) < 4.78 is 3.49. The fraction of sp³-hybridized carbons (Fsp3) is 0.500. The molecule has 2 rings (SSSR count). The normalized spacial score (nSPS) is 11.2. The molecule has 0 aliphatic carbocycles. The number of hydrogen-bond acceptors (Lipinski definition) is 2. The first kappa shape index (κ1) is 12.2. The zero-order chi connectivity index (χ0) is 12.3. The number of imidazole rings is 1. The molecular weight excluding hydrogens is 238 g/mol. The van der Waals surface area contributed by atoms with Crippen molar-refractivity contribution in [2.75, 3.05) is 0 Å². The van der Waals surface area contributed by atoms with Crippen LogP contribution < -0.4 is 5.56 Å². The maximum Gasteiger partial charge on any atom is 0.260 e. The Kier molecular flexibility index (Phi) is 3.84. The summed E-state index contributed by atoms with van der Waals surface area (Å²) in [7, 11) is 0. The maximum absolute atomic E-state index is 11.6. The molecule has 17 heavy (non-hydrogen) atoms. The smallest absolute Gasteiger partial charge is 0.260 e. The van der Waals surface area contributed by atoms with Gasteiger partial charge in [0, 0.05) is 25.0 Å². The molecule has 0 aliphatic heterocycles. The van der Waals surface area contributed by atoms with E-state index in [4.69, 9.17) is 11.6 Å². The van der Waals surface area contributed by atoms with E-state index in [0.29, 0.717) is 5.78 Å². The van der Waals surface area contributed by atoms with Crippen LogP contribution in [0.25, 0.3) is 5.78 Å². The number of halogens is 1. The standard InChI is InChI=1S/C12H16ClN3O/c1-2-3-4-5-6-15-7-8-16-11(17)9-10(13)14-12(15)16/h7-9H,2-6H2,1H3. The van der Waals surface area contributed by atoms with Crippen LogP contribution in [0, 0.1) is 0 Å². The van der Waals surface area contributed by atoms with Gasteiger partial charge in [0.25, 0.3) is 5.56 Å². The second-order valence-corrected chi connectivity index (χ2v) is 4.53. The van der Waals surface area contributed by atoms with Crippen molar-refractivity contribution in [3.8, 4) is 0 Å². The zero-order valence-corrected chi connectivity index (χ0v) is 10.7. The molecule has 0 radical (unpaired) electrons. The number of hydrogen-bond donors (Lipinski definition) is 0. The van der Waals surface area contributed by atoms with Crippen LogP contribution >= 0.6 is 11.6 Å². The van der Waals surface area contributed by atoms with Crippen LogP contribution in [0.3, 0.4) is 0 Å². The van der Waals surface area contributed by atoms with E-state index in [1.165, 1.54) is 29.7 Å². The lowest BCUT2D eigenvalue weighted by atomic mass is 10.2. The van der Waals surface area contributed by atoms with E-state index in [1.54, 1.807) is 6.20 Å². The molecule has 5 heteroatoms. The quantitative estimate of drug-likeness (QED) is 0.607. The third kappa shape index (κ3) is 2.69. The number of fused-ring (bicyclic) bond motifs is 1. The Labute approximate surface area is 105 Å². The molecule has 0 atom stereocenters. The third-order valence-corrected chi connectivity index (χ3v) is 3.00. The fourth-order valence-corrected chi connectivity index (χ4v) is 2.06. The van der Waals surface area contributed by atoms with Crippen LogP contribution in [0.4, 0.5) is 0 Å². The van der Waals surface area contributed by atoms with Gasteiger partial charge in [-0.15, -0.1) is 0 Å². The van der Waals surface area contributed by atoms with Crippen molar-refractivity contribution in [3.63, 3.8) is 0 Å². The highest BCUT2D eigenvalue weighted by Gasteiger charge is 2.05. The lowest BCUT2D eigenvalue weighted by molar-refractivity contribution is 0.589. The first-order valence-electron chi connectivity index (χ1n) is 5.96. The summed E-state index contributed by atoms with van der Waals surface area (Å²) >= 11 is 5.80. The van der Waals surface area contributed by atoms with Gasteiger partial charge in [0.05, 0.1) is 0 Å². The van der Waals surface area contributed by atoms with Gasteiger partial charge in [-0.1, -0.05) is 37.8 Å². The molecule has 2 aromatic rings. The Morgan fingerprint density at radius 3 is 2.88 bits per heavy atom. The van der Waals surface area contributed by atoms with E-state index in [-0.39, 0.29) is 10.7 Å². The Hall–Kier alpha value is -1.29. The van der Waals surface area contributed by atoms with Crippen molar-refractivity contribution >= 4 is 17.4 Å². The topological polar surface area (TPSA) is 39.3 Å². The molecule has 0 bridgehead atoms. The molecule has 2 aromatic heterocycles. The van der Waals surface area contributed by atoms with Crippen molar-refractivity contribution in [1.82, 2.24) is 14.0 Å². The van der Waals surface area contributed by atoms with Gasteiger partial charge in [-0.2, -0.15) is 0 Å². The highest BCUT2D eigenvalue weighted by atomic mass is 35.5.